The zero-order chi connectivity index (χ0) is 13.3. The van der Waals surface area contributed by atoms with Gasteiger partial charge in [-0.25, -0.2) is 0 Å². The second kappa shape index (κ2) is 5.12. The molecule has 2 nitrogen and oxygen atoms in total. The average Bonchev–Trinajstić information content (AvgIpc) is 2.66. The van der Waals surface area contributed by atoms with Crippen molar-refractivity contribution in [2.45, 2.75) is 6.36 Å². The topological polar surface area (TPSA) is 22.4 Å². The summed E-state index contributed by atoms with van der Waals surface area (Å²) in [7, 11) is 0. The summed E-state index contributed by atoms with van der Waals surface area (Å²) >= 11 is 5.14. The van der Waals surface area contributed by atoms with Gasteiger partial charge in [0.15, 0.2) is 0 Å². The molecule has 2 rings (SSSR count). The minimum Gasteiger partial charge on any atom is -0.464 e. The summed E-state index contributed by atoms with van der Waals surface area (Å²) in [5.41, 5.74) is 0.690. The van der Waals surface area contributed by atoms with Crippen LogP contribution in [-0.2, 0) is 0 Å². The first-order chi connectivity index (χ1) is 8.37. The summed E-state index contributed by atoms with van der Waals surface area (Å²) in [5.74, 6) is 0.305. The van der Waals surface area contributed by atoms with Crippen molar-refractivity contribution in [3.8, 4) is 17.1 Å². The van der Waals surface area contributed by atoms with Crippen molar-refractivity contribution in [3.05, 3.63) is 38.6 Å². The van der Waals surface area contributed by atoms with E-state index in [1.54, 1.807) is 12.1 Å². The van der Waals surface area contributed by atoms with E-state index in [0.29, 0.717) is 19.4 Å². The number of furan rings is 1. The fraction of sp³-hybridized carbons (Fsp3) is 0.0909. The van der Waals surface area contributed by atoms with Gasteiger partial charge in [0.1, 0.15) is 11.5 Å². The Balaban J connectivity index is 2.42. The third-order valence-electron chi connectivity index (χ3n) is 2.02. The molecule has 0 unspecified atom stereocenters. The van der Waals surface area contributed by atoms with Crippen LogP contribution in [0.3, 0.4) is 0 Å². The maximum atomic E-state index is 12.1. The molecule has 0 saturated carbocycles. The second-order valence-corrected chi connectivity index (χ2v) is 5.30. The van der Waals surface area contributed by atoms with E-state index in [-0.39, 0.29) is 5.75 Å². The van der Waals surface area contributed by atoms with Gasteiger partial charge in [-0.1, -0.05) is 0 Å². The Hall–Kier alpha value is -0.700. The Kier molecular flexibility index (Phi) is 3.90. The SMILES string of the molecule is FC(F)(F)Oc1cc(Br)c(-c2ccco2)c(I)c1. The number of benzene rings is 1. The van der Waals surface area contributed by atoms with Crippen molar-refractivity contribution in [3.63, 3.8) is 0 Å². The first-order valence-corrected chi connectivity index (χ1v) is 6.52. The first-order valence-electron chi connectivity index (χ1n) is 4.65. The molecule has 0 amide bonds. The standard InChI is InChI=1S/C11H5BrF3IO2/c12-7-4-6(18-11(13,14)15)5-8(16)10(7)9-2-1-3-17-9/h1-5H. The Morgan fingerprint density at radius 3 is 2.50 bits per heavy atom. The van der Waals surface area contributed by atoms with Crippen molar-refractivity contribution < 1.29 is 22.3 Å². The zero-order valence-corrected chi connectivity index (χ0v) is 12.3. The van der Waals surface area contributed by atoms with E-state index in [1.165, 1.54) is 18.4 Å². The lowest BCUT2D eigenvalue weighted by atomic mass is 10.2. The number of ether oxygens (including phenoxy) is 1. The fourth-order valence-electron chi connectivity index (χ4n) is 1.40. The number of rotatable bonds is 2. The highest BCUT2D eigenvalue weighted by atomic mass is 127. The Morgan fingerprint density at radius 1 is 1.28 bits per heavy atom. The largest absolute Gasteiger partial charge is 0.573 e. The van der Waals surface area contributed by atoms with E-state index >= 15 is 0 Å². The fourth-order valence-corrected chi connectivity index (χ4v) is 3.27. The molecule has 0 radical (unpaired) electrons. The number of alkyl halides is 3. The highest BCUT2D eigenvalue weighted by Crippen LogP contribution is 2.37. The highest BCUT2D eigenvalue weighted by molar-refractivity contribution is 14.1. The van der Waals surface area contributed by atoms with Crippen molar-refractivity contribution in [2.75, 3.05) is 0 Å². The summed E-state index contributed by atoms with van der Waals surface area (Å²) < 4.78 is 46.5. The molecule has 0 aliphatic carbocycles. The molecule has 0 N–H and O–H groups in total. The van der Waals surface area contributed by atoms with Crippen LogP contribution in [0.25, 0.3) is 11.3 Å². The zero-order valence-electron chi connectivity index (χ0n) is 8.59. The Bertz CT molecular complexity index is 529. The van der Waals surface area contributed by atoms with E-state index < -0.39 is 6.36 Å². The van der Waals surface area contributed by atoms with Crippen LogP contribution in [0, 0.1) is 3.57 Å². The van der Waals surface area contributed by atoms with Crippen LogP contribution in [-0.4, -0.2) is 6.36 Å². The number of hydrogen-bond donors (Lipinski definition) is 0. The van der Waals surface area contributed by atoms with E-state index in [2.05, 4.69) is 20.7 Å². The van der Waals surface area contributed by atoms with E-state index in [4.69, 9.17) is 4.42 Å². The lowest BCUT2D eigenvalue weighted by molar-refractivity contribution is -0.274. The van der Waals surface area contributed by atoms with Crippen LogP contribution in [0.2, 0.25) is 0 Å². The van der Waals surface area contributed by atoms with Gasteiger partial charge in [0.2, 0.25) is 0 Å². The Labute approximate surface area is 122 Å². The van der Waals surface area contributed by atoms with E-state index in [9.17, 15) is 13.2 Å². The Morgan fingerprint density at radius 2 is 2.00 bits per heavy atom. The molecular formula is C11H5BrF3IO2. The van der Waals surface area contributed by atoms with E-state index in [0.717, 1.165) is 0 Å². The molecule has 18 heavy (non-hydrogen) atoms. The predicted molar refractivity (Wildman–Crippen MR) is 71.2 cm³/mol. The molecule has 0 aliphatic heterocycles. The molecule has 96 valence electrons. The van der Waals surface area contributed by atoms with Crippen LogP contribution < -0.4 is 4.74 Å². The lowest BCUT2D eigenvalue weighted by Gasteiger charge is -2.11. The van der Waals surface area contributed by atoms with Crippen molar-refractivity contribution in [1.82, 2.24) is 0 Å². The molecule has 0 spiro atoms. The van der Waals surface area contributed by atoms with Gasteiger partial charge in [-0.2, -0.15) is 0 Å². The van der Waals surface area contributed by atoms with Crippen molar-refractivity contribution in [2.24, 2.45) is 0 Å². The number of halogens is 5. The molecule has 7 heteroatoms. The monoisotopic (exact) mass is 432 g/mol. The lowest BCUT2D eigenvalue weighted by Crippen LogP contribution is -2.17. The van der Waals surface area contributed by atoms with Gasteiger partial charge in [-0.15, -0.1) is 13.2 Å². The summed E-state index contributed by atoms with van der Waals surface area (Å²) in [6, 6.07) is 5.99. The molecule has 2 aromatic rings. The van der Waals surface area contributed by atoms with Gasteiger partial charge < -0.3 is 9.15 Å². The van der Waals surface area contributed by atoms with Crippen LogP contribution in [0.5, 0.6) is 5.75 Å². The van der Waals surface area contributed by atoms with Crippen LogP contribution in [0.4, 0.5) is 13.2 Å². The molecule has 0 bridgehead atoms. The summed E-state index contributed by atoms with van der Waals surface area (Å²) in [6.07, 6.45) is -3.20. The summed E-state index contributed by atoms with van der Waals surface area (Å²) in [4.78, 5) is 0. The molecule has 0 atom stereocenters. The minimum atomic E-state index is -4.70. The predicted octanol–water partition coefficient (Wildman–Crippen LogP) is 5.21. The van der Waals surface area contributed by atoms with Gasteiger partial charge in [0.25, 0.3) is 0 Å². The van der Waals surface area contributed by atoms with Crippen molar-refractivity contribution in [1.29, 1.82) is 0 Å². The van der Waals surface area contributed by atoms with Crippen LogP contribution >= 0.6 is 38.5 Å². The molecule has 0 fully saturated rings. The molecule has 1 aromatic heterocycles. The van der Waals surface area contributed by atoms with Gasteiger partial charge in [-0.3, -0.25) is 0 Å². The van der Waals surface area contributed by atoms with Gasteiger partial charge >= 0.3 is 6.36 Å². The third kappa shape index (κ3) is 3.19. The minimum absolute atomic E-state index is 0.269. The first kappa shape index (κ1) is 13.7. The number of hydrogen-bond acceptors (Lipinski definition) is 2. The molecule has 0 saturated heterocycles. The molecule has 1 aromatic carbocycles. The van der Waals surface area contributed by atoms with Crippen molar-refractivity contribution >= 4 is 38.5 Å². The van der Waals surface area contributed by atoms with E-state index in [1.807, 2.05) is 22.6 Å². The maximum absolute atomic E-state index is 12.1. The molecule has 1 heterocycles. The molecular weight excluding hydrogens is 428 g/mol. The second-order valence-electron chi connectivity index (χ2n) is 3.29. The highest BCUT2D eigenvalue weighted by Gasteiger charge is 2.31. The van der Waals surface area contributed by atoms with Gasteiger partial charge in [0, 0.05) is 13.6 Å². The normalized spacial score (nSPS) is 11.6. The molecule has 0 aliphatic rings. The quantitative estimate of drug-likeness (QED) is 0.607. The third-order valence-corrected chi connectivity index (χ3v) is 3.49. The summed E-state index contributed by atoms with van der Waals surface area (Å²) in [5, 5.41) is 0. The average molecular weight is 433 g/mol. The maximum Gasteiger partial charge on any atom is 0.573 e. The van der Waals surface area contributed by atoms with Crippen LogP contribution in [0.1, 0.15) is 0 Å². The van der Waals surface area contributed by atoms with Gasteiger partial charge in [0.05, 0.1) is 6.26 Å². The summed E-state index contributed by atoms with van der Waals surface area (Å²) in [6.45, 7) is 0. The van der Waals surface area contributed by atoms with Crippen LogP contribution in [0.15, 0.2) is 39.4 Å². The smallest absolute Gasteiger partial charge is 0.464 e. The van der Waals surface area contributed by atoms with Gasteiger partial charge in [-0.05, 0) is 62.8 Å².